The molecule has 0 saturated heterocycles. The minimum absolute atomic E-state index is 0.176. The van der Waals surface area contributed by atoms with E-state index in [1.165, 1.54) is 6.07 Å². The first kappa shape index (κ1) is 24.4. The Hall–Kier alpha value is -2.82. The molecule has 0 aliphatic heterocycles. The van der Waals surface area contributed by atoms with Gasteiger partial charge in [0, 0.05) is 6.20 Å². The first-order chi connectivity index (χ1) is 14.3. The molecule has 31 heavy (non-hydrogen) atoms. The van der Waals surface area contributed by atoms with Gasteiger partial charge in [-0.1, -0.05) is 28.9 Å². The number of carbonyl (C=O) groups is 1. The lowest BCUT2D eigenvalue weighted by Gasteiger charge is -2.14. The topological polar surface area (TPSA) is 63.6 Å². The largest absolute Gasteiger partial charge is 0.417 e. The standard InChI is InChI=1S/C19H16ClF6N3O2/c1-10(2)31-29-15(16-14(20)7-11(8-27-16)18(21,22)23)9-28-17(30)12-5-3-4-6-13(12)19(24,25)26/h3-8,10H,9H2,1-2H3,(H,28,30). The lowest BCUT2D eigenvalue weighted by Crippen LogP contribution is -2.32. The van der Waals surface area contributed by atoms with Crippen LogP contribution in [0.15, 0.2) is 41.7 Å². The average Bonchev–Trinajstić information content (AvgIpc) is 2.66. The maximum Gasteiger partial charge on any atom is 0.417 e. The molecule has 1 aromatic heterocycles. The summed E-state index contributed by atoms with van der Waals surface area (Å²) in [7, 11) is 0. The molecule has 1 N–H and O–H groups in total. The third-order valence-electron chi connectivity index (χ3n) is 3.71. The fraction of sp³-hybridized carbons (Fsp3) is 0.316. The Balaban J connectivity index is 2.32. The van der Waals surface area contributed by atoms with E-state index >= 15 is 0 Å². The molecule has 0 fully saturated rings. The van der Waals surface area contributed by atoms with Crippen molar-refractivity contribution in [3.63, 3.8) is 0 Å². The maximum absolute atomic E-state index is 13.1. The first-order valence-corrected chi connectivity index (χ1v) is 9.08. The highest BCUT2D eigenvalue weighted by Crippen LogP contribution is 2.32. The van der Waals surface area contributed by atoms with Crippen LogP contribution >= 0.6 is 11.6 Å². The number of benzene rings is 1. The zero-order valence-electron chi connectivity index (χ0n) is 16.1. The molecule has 0 atom stereocenters. The van der Waals surface area contributed by atoms with Gasteiger partial charge in [0.25, 0.3) is 5.91 Å². The highest BCUT2D eigenvalue weighted by atomic mass is 35.5. The number of nitrogens with one attached hydrogen (secondary N) is 1. The van der Waals surface area contributed by atoms with Gasteiger partial charge < -0.3 is 10.2 Å². The van der Waals surface area contributed by atoms with Gasteiger partial charge in [0.15, 0.2) is 0 Å². The number of halogens is 7. The molecule has 2 aromatic rings. The van der Waals surface area contributed by atoms with Gasteiger partial charge in [-0.2, -0.15) is 26.3 Å². The van der Waals surface area contributed by atoms with Crippen LogP contribution in [-0.4, -0.2) is 29.3 Å². The van der Waals surface area contributed by atoms with Crippen molar-refractivity contribution in [2.24, 2.45) is 5.16 Å². The summed E-state index contributed by atoms with van der Waals surface area (Å²) in [6, 6.07) is 4.75. The first-order valence-electron chi connectivity index (χ1n) is 8.71. The summed E-state index contributed by atoms with van der Waals surface area (Å²) in [5, 5.41) is 5.54. The summed E-state index contributed by atoms with van der Waals surface area (Å²) in [4.78, 5) is 21.0. The predicted molar refractivity (Wildman–Crippen MR) is 101 cm³/mol. The van der Waals surface area contributed by atoms with Crippen LogP contribution in [0.3, 0.4) is 0 Å². The van der Waals surface area contributed by atoms with Crippen molar-refractivity contribution in [2.75, 3.05) is 6.54 Å². The number of oxime groups is 1. The number of pyridine rings is 1. The van der Waals surface area contributed by atoms with E-state index in [-0.39, 0.29) is 11.4 Å². The summed E-state index contributed by atoms with van der Waals surface area (Å²) >= 11 is 5.90. The van der Waals surface area contributed by atoms with Gasteiger partial charge in [-0.05, 0) is 32.0 Å². The van der Waals surface area contributed by atoms with Crippen molar-refractivity contribution in [1.82, 2.24) is 10.3 Å². The Labute approximate surface area is 178 Å². The minimum atomic E-state index is -4.76. The third kappa shape index (κ3) is 6.58. The molecule has 0 bridgehead atoms. The fourth-order valence-corrected chi connectivity index (χ4v) is 2.60. The Bertz CT molecular complexity index is 974. The van der Waals surface area contributed by atoms with Crippen LogP contribution < -0.4 is 5.32 Å². The third-order valence-corrected chi connectivity index (χ3v) is 4.00. The van der Waals surface area contributed by atoms with Gasteiger partial charge in [-0.25, -0.2) is 0 Å². The number of rotatable bonds is 6. The lowest BCUT2D eigenvalue weighted by molar-refractivity contribution is -0.138. The molecule has 0 radical (unpaired) electrons. The van der Waals surface area contributed by atoms with Crippen LogP contribution in [0.2, 0.25) is 5.02 Å². The fourth-order valence-electron chi connectivity index (χ4n) is 2.32. The Kier molecular flexibility index (Phi) is 7.53. The summed E-state index contributed by atoms with van der Waals surface area (Å²) < 4.78 is 77.9. The molecule has 168 valence electrons. The number of hydrogen-bond acceptors (Lipinski definition) is 4. The summed E-state index contributed by atoms with van der Waals surface area (Å²) in [5.41, 5.74) is -3.28. The number of nitrogens with zero attached hydrogens (tertiary/aromatic N) is 2. The van der Waals surface area contributed by atoms with Crippen molar-refractivity contribution in [1.29, 1.82) is 0 Å². The van der Waals surface area contributed by atoms with Crippen molar-refractivity contribution in [2.45, 2.75) is 32.3 Å². The SMILES string of the molecule is CC(C)ON=C(CNC(=O)c1ccccc1C(F)(F)F)c1ncc(C(F)(F)F)cc1Cl. The van der Waals surface area contributed by atoms with E-state index in [1.54, 1.807) is 13.8 Å². The number of alkyl halides is 6. The van der Waals surface area contributed by atoms with E-state index in [0.29, 0.717) is 12.3 Å². The van der Waals surface area contributed by atoms with Gasteiger partial charge in [0.1, 0.15) is 17.5 Å². The quantitative estimate of drug-likeness (QED) is 0.355. The molecule has 0 aliphatic rings. The summed E-state index contributed by atoms with van der Waals surface area (Å²) in [5.74, 6) is -1.08. The van der Waals surface area contributed by atoms with E-state index in [0.717, 1.165) is 18.2 Å². The molecule has 12 heteroatoms. The second-order valence-electron chi connectivity index (χ2n) is 6.47. The van der Waals surface area contributed by atoms with Crippen molar-refractivity contribution in [3.8, 4) is 0 Å². The van der Waals surface area contributed by atoms with Gasteiger partial charge >= 0.3 is 12.4 Å². The minimum Gasteiger partial charge on any atom is -0.393 e. The molecule has 2 rings (SSSR count). The lowest BCUT2D eigenvalue weighted by atomic mass is 10.1. The van der Waals surface area contributed by atoms with E-state index in [4.69, 9.17) is 16.4 Å². The van der Waals surface area contributed by atoms with Crippen LogP contribution in [0.4, 0.5) is 26.3 Å². The van der Waals surface area contributed by atoms with Gasteiger partial charge in [-0.3, -0.25) is 9.78 Å². The molecule has 0 saturated carbocycles. The molecule has 0 unspecified atom stereocenters. The van der Waals surface area contributed by atoms with Crippen molar-refractivity contribution in [3.05, 3.63) is 63.9 Å². The second kappa shape index (κ2) is 9.54. The van der Waals surface area contributed by atoms with Gasteiger partial charge in [0.2, 0.25) is 0 Å². The average molecular weight is 468 g/mol. The molecular weight excluding hydrogens is 452 g/mol. The van der Waals surface area contributed by atoms with Gasteiger partial charge in [0.05, 0.1) is 28.3 Å². The number of amides is 1. The summed E-state index contributed by atoms with van der Waals surface area (Å²) in [6.07, 6.45) is -9.36. The van der Waals surface area contributed by atoms with Crippen molar-refractivity contribution >= 4 is 23.2 Å². The molecule has 5 nitrogen and oxygen atoms in total. The van der Waals surface area contributed by atoms with Crippen molar-refractivity contribution < 1.29 is 36.0 Å². The van der Waals surface area contributed by atoms with Crippen LogP contribution in [0.25, 0.3) is 0 Å². The molecule has 1 aromatic carbocycles. The second-order valence-corrected chi connectivity index (χ2v) is 6.88. The van der Waals surface area contributed by atoms with Crippen LogP contribution in [0.1, 0.15) is 41.0 Å². The molecule has 1 heterocycles. The molecule has 0 spiro atoms. The van der Waals surface area contributed by atoms with Crippen LogP contribution in [0.5, 0.6) is 0 Å². The normalized spacial score (nSPS) is 12.8. The number of carbonyl (C=O) groups excluding carboxylic acids is 1. The van der Waals surface area contributed by atoms with Crippen LogP contribution in [0, 0.1) is 0 Å². The summed E-state index contributed by atoms with van der Waals surface area (Å²) in [6.45, 7) is 2.72. The molecule has 0 aliphatic carbocycles. The zero-order chi connectivity index (χ0) is 23.4. The van der Waals surface area contributed by atoms with E-state index in [9.17, 15) is 31.1 Å². The smallest absolute Gasteiger partial charge is 0.393 e. The van der Waals surface area contributed by atoms with Crippen LogP contribution in [-0.2, 0) is 17.2 Å². The Morgan fingerprint density at radius 1 is 1.16 bits per heavy atom. The molecular formula is C19H16ClF6N3O2. The zero-order valence-corrected chi connectivity index (χ0v) is 16.9. The highest BCUT2D eigenvalue weighted by molar-refractivity contribution is 6.34. The highest BCUT2D eigenvalue weighted by Gasteiger charge is 2.35. The van der Waals surface area contributed by atoms with E-state index in [2.05, 4.69) is 15.5 Å². The number of aromatic nitrogens is 1. The predicted octanol–water partition coefficient (Wildman–Crippen LogP) is 5.33. The van der Waals surface area contributed by atoms with E-state index < -0.39 is 52.6 Å². The maximum atomic E-state index is 13.1. The Morgan fingerprint density at radius 3 is 2.35 bits per heavy atom. The number of hydrogen-bond donors (Lipinski definition) is 1. The monoisotopic (exact) mass is 467 g/mol. The van der Waals surface area contributed by atoms with E-state index in [1.807, 2.05) is 0 Å². The Morgan fingerprint density at radius 2 is 1.81 bits per heavy atom. The van der Waals surface area contributed by atoms with Gasteiger partial charge in [-0.15, -0.1) is 0 Å². The molecule has 1 amide bonds.